The summed E-state index contributed by atoms with van der Waals surface area (Å²) >= 11 is 0. The summed E-state index contributed by atoms with van der Waals surface area (Å²) in [5.74, 6) is -1.58. The molecule has 1 aliphatic heterocycles. The summed E-state index contributed by atoms with van der Waals surface area (Å²) in [4.78, 5) is 34.4. The molecule has 1 rings (SSSR count). The van der Waals surface area contributed by atoms with Gasteiger partial charge in [-0.1, -0.05) is 0 Å². The molecule has 0 aromatic carbocycles. The zero-order valence-corrected chi connectivity index (χ0v) is 9.02. The molecule has 6 heteroatoms. The Hall–Kier alpha value is -1.59. The number of nitrogens with two attached hydrogens (primary N) is 1. The van der Waals surface area contributed by atoms with Crippen LogP contribution in [0.2, 0.25) is 0 Å². The molecule has 1 atom stereocenters. The summed E-state index contributed by atoms with van der Waals surface area (Å²) < 4.78 is 0. The second-order valence-corrected chi connectivity index (χ2v) is 3.89. The van der Waals surface area contributed by atoms with E-state index in [0.29, 0.717) is 19.4 Å². The summed E-state index contributed by atoms with van der Waals surface area (Å²) in [6.07, 6.45) is 1.82. The fourth-order valence-electron chi connectivity index (χ4n) is 1.90. The van der Waals surface area contributed by atoms with Gasteiger partial charge in [0.25, 0.3) is 0 Å². The Bertz CT molecular complexity index is 303. The van der Waals surface area contributed by atoms with Crippen LogP contribution in [0, 0.1) is 0 Å². The maximum absolute atomic E-state index is 11.7. The van der Waals surface area contributed by atoms with Crippen molar-refractivity contribution < 1.29 is 19.5 Å². The normalized spacial score (nSPS) is 19.8. The predicted octanol–water partition coefficient (Wildman–Crippen LogP) is -0.282. The highest BCUT2D eigenvalue weighted by atomic mass is 16.4. The minimum absolute atomic E-state index is 0.0270. The molecule has 1 aliphatic rings. The monoisotopic (exact) mass is 228 g/mol. The molecule has 0 saturated carbocycles. The van der Waals surface area contributed by atoms with E-state index in [2.05, 4.69) is 0 Å². The molecule has 2 amide bonds. The summed E-state index contributed by atoms with van der Waals surface area (Å²) in [6.45, 7) is 0.541. The number of rotatable bonds is 5. The standard InChI is InChI=1S/C10H16N2O4/c11-10(16)7-3-2-6-12(7)8(13)4-1-5-9(14)15/h7H,1-6H2,(H2,11,16)(H,14,15). The lowest BCUT2D eigenvalue weighted by Gasteiger charge is -2.21. The number of nitrogens with zero attached hydrogens (tertiary/aromatic N) is 1. The Balaban J connectivity index is 2.41. The minimum atomic E-state index is -0.916. The molecule has 1 fully saturated rings. The van der Waals surface area contributed by atoms with Crippen LogP contribution in [0.15, 0.2) is 0 Å². The molecular formula is C10H16N2O4. The van der Waals surface area contributed by atoms with Crippen molar-refractivity contribution in [1.82, 2.24) is 4.90 Å². The van der Waals surface area contributed by atoms with Crippen molar-refractivity contribution in [1.29, 1.82) is 0 Å². The van der Waals surface area contributed by atoms with Crippen LogP contribution in [-0.4, -0.2) is 40.4 Å². The van der Waals surface area contributed by atoms with Crippen LogP contribution < -0.4 is 5.73 Å². The number of hydrogen-bond acceptors (Lipinski definition) is 3. The fraction of sp³-hybridized carbons (Fsp3) is 0.700. The number of primary amides is 1. The van der Waals surface area contributed by atoms with E-state index in [4.69, 9.17) is 10.8 Å². The second-order valence-electron chi connectivity index (χ2n) is 3.89. The Morgan fingerprint density at radius 3 is 2.56 bits per heavy atom. The predicted molar refractivity (Wildman–Crippen MR) is 55.4 cm³/mol. The van der Waals surface area contributed by atoms with E-state index in [-0.39, 0.29) is 18.7 Å². The molecule has 16 heavy (non-hydrogen) atoms. The lowest BCUT2D eigenvalue weighted by molar-refractivity contribution is -0.139. The van der Waals surface area contributed by atoms with Crippen molar-refractivity contribution in [2.75, 3.05) is 6.54 Å². The van der Waals surface area contributed by atoms with Crippen LogP contribution in [-0.2, 0) is 14.4 Å². The average molecular weight is 228 g/mol. The number of carboxylic acids is 1. The van der Waals surface area contributed by atoms with E-state index in [0.717, 1.165) is 6.42 Å². The molecule has 1 heterocycles. The van der Waals surface area contributed by atoms with Gasteiger partial charge in [0.2, 0.25) is 11.8 Å². The van der Waals surface area contributed by atoms with E-state index in [9.17, 15) is 14.4 Å². The van der Waals surface area contributed by atoms with Crippen LogP contribution in [0.4, 0.5) is 0 Å². The van der Waals surface area contributed by atoms with E-state index in [1.807, 2.05) is 0 Å². The average Bonchev–Trinajstić information content (AvgIpc) is 2.65. The molecule has 3 N–H and O–H groups in total. The molecule has 0 aromatic rings. The number of amides is 2. The zero-order valence-electron chi connectivity index (χ0n) is 9.02. The van der Waals surface area contributed by atoms with Crippen LogP contribution in [0.25, 0.3) is 0 Å². The van der Waals surface area contributed by atoms with Gasteiger partial charge in [0.1, 0.15) is 6.04 Å². The molecule has 0 aromatic heterocycles. The quantitative estimate of drug-likeness (QED) is 0.675. The first kappa shape index (κ1) is 12.5. The van der Waals surface area contributed by atoms with Gasteiger partial charge in [-0.3, -0.25) is 14.4 Å². The fourth-order valence-corrected chi connectivity index (χ4v) is 1.90. The highest BCUT2D eigenvalue weighted by Crippen LogP contribution is 2.18. The maximum atomic E-state index is 11.7. The van der Waals surface area contributed by atoms with Crippen molar-refractivity contribution in [3.63, 3.8) is 0 Å². The molecule has 0 aliphatic carbocycles. The van der Waals surface area contributed by atoms with Gasteiger partial charge in [-0.15, -0.1) is 0 Å². The highest BCUT2D eigenvalue weighted by Gasteiger charge is 2.31. The van der Waals surface area contributed by atoms with Crippen LogP contribution in [0.5, 0.6) is 0 Å². The smallest absolute Gasteiger partial charge is 0.303 e. The third-order valence-electron chi connectivity index (χ3n) is 2.68. The SMILES string of the molecule is NC(=O)C1CCCN1C(=O)CCCC(=O)O. The summed E-state index contributed by atoms with van der Waals surface area (Å²) in [5.41, 5.74) is 5.18. The minimum Gasteiger partial charge on any atom is -0.481 e. The van der Waals surface area contributed by atoms with Crippen molar-refractivity contribution >= 4 is 17.8 Å². The van der Waals surface area contributed by atoms with E-state index >= 15 is 0 Å². The van der Waals surface area contributed by atoms with Crippen molar-refractivity contribution in [3.8, 4) is 0 Å². The molecule has 0 bridgehead atoms. The van der Waals surface area contributed by atoms with Gasteiger partial charge in [-0.05, 0) is 19.3 Å². The molecule has 6 nitrogen and oxygen atoms in total. The lowest BCUT2D eigenvalue weighted by atomic mass is 10.2. The van der Waals surface area contributed by atoms with E-state index < -0.39 is 17.9 Å². The first-order chi connectivity index (χ1) is 7.52. The third kappa shape index (κ3) is 3.22. The number of carboxylic acid groups (broad SMARTS) is 1. The first-order valence-corrected chi connectivity index (χ1v) is 5.33. The second kappa shape index (κ2) is 5.48. The van der Waals surface area contributed by atoms with E-state index in [1.165, 1.54) is 4.90 Å². The van der Waals surface area contributed by atoms with Gasteiger partial charge in [0.05, 0.1) is 0 Å². The molecule has 1 unspecified atom stereocenters. The first-order valence-electron chi connectivity index (χ1n) is 5.33. The zero-order chi connectivity index (χ0) is 12.1. The van der Waals surface area contributed by atoms with Crippen LogP contribution >= 0.6 is 0 Å². The Morgan fingerprint density at radius 1 is 1.31 bits per heavy atom. The number of carbonyl (C=O) groups excluding carboxylic acids is 2. The third-order valence-corrected chi connectivity index (χ3v) is 2.68. The Labute approximate surface area is 93.4 Å². The van der Waals surface area contributed by atoms with Crippen molar-refractivity contribution in [2.45, 2.75) is 38.1 Å². The maximum Gasteiger partial charge on any atom is 0.303 e. The molecular weight excluding hydrogens is 212 g/mol. The van der Waals surface area contributed by atoms with Crippen molar-refractivity contribution in [3.05, 3.63) is 0 Å². The lowest BCUT2D eigenvalue weighted by Crippen LogP contribution is -2.43. The largest absolute Gasteiger partial charge is 0.481 e. The van der Waals surface area contributed by atoms with Gasteiger partial charge in [0.15, 0.2) is 0 Å². The van der Waals surface area contributed by atoms with Gasteiger partial charge in [0, 0.05) is 19.4 Å². The van der Waals surface area contributed by atoms with Gasteiger partial charge in [-0.2, -0.15) is 0 Å². The summed E-state index contributed by atoms with van der Waals surface area (Å²) in [6, 6.07) is -0.502. The van der Waals surface area contributed by atoms with Crippen molar-refractivity contribution in [2.24, 2.45) is 5.73 Å². The topological polar surface area (TPSA) is 101 Å². The molecule has 90 valence electrons. The molecule has 0 spiro atoms. The van der Waals surface area contributed by atoms with Gasteiger partial charge in [-0.25, -0.2) is 0 Å². The number of hydrogen-bond donors (Lipinski definition) is 2. The van der Waals surface area contributed by atoms with Gasteiger partial charge >= 0.3 is 5.97 Å². The Morgan fingerprint density at radius 2 is 2.00 bits per heavy atom. The Kier molecular flexibility index (Phi) is 4.28. The summed E-state index contributed by atoms with van der Waals surface area (Å²) in [5, 5.41) is 8.43. The summed E-state index contributed by atoms with van der Waals surface area (Å²) in [7, 11) is 0. The van der Waals surface area contributed by atoms with Crippen LogP contribution in [0.1, 0.15) is 32.1 Å². The van der Waals surface area contributed by atoms with Crippen LogP contribution in [0.3, 0.4) is 0 Å². The number of likely N-dealkylation sites (tertiary alicyclic amines) is 1. The van der Waals surface area contributed by atoms with Gasteiger partial charge < -0.3 is 15.7 Å². The molecule has 0 radical (unpaired) electrons. The van der Waals surface area contributed by atoms with E-state index in [1.54, 1.807) is 0 Å². The number of carbonyl (C=O) groups is 3. The molecule has 1 saturated heterocycles. The number of aliphatic carboxylic acids is 1. The highest BCUT2D eigenvalue weighted by molar-refractivity contribution is 5.87.